The molecule has 0 unspecified atom stereocenters. The number of alkyl halides is 3. The second-order valence-corrected chi connectivity index (χ2v) is 9.50. The maximum absolute atomic E-state index is 12.9. The molecule has 0 saturated carbocycles. The molecular formula is C29H29F3N6O2. The number of pyridine rings is 2. The first-order chi connectivity index (χ1) is 19.3. The summed E-state index contributed by atoms with van der Waals surface area (Å²) in [5.74, 6) is 0.180. The van der Waals surface area contributed by atoms with E-state index in [9.17, 15) is 18.0 Å². The summed E-state index contributed by atoms with van der Waals surface area (Å²) < 4.78 is 44.5. The molecule has 1 amide bonds. The van der Waals surface area contributed by atoms with Gasteiger partial charge in [0.25, 0.3) is 0 Å². The number of nitrogens with two attached hydrogens (primary N) is 1. The van der Waals surface area contributed by atoms with Crippen molar-refractivity contribution in [1.29, 1.82) is 0 Å². The first kappa shape index (κ1) is 27.4. The van der Waals surface area contributed by atoms with Crippen LogP contribution >= 0.6 is 0 Å². The summed E-state index contributed by atoms with van der Waals surface area (Å²) in [5.41, 5.74) is 7.15. The average molecular weight is 551 g/mol. The molecule has 5 rings (SSSR count). The number of halogens is 3. The van der Waals surface area contributed by atoms with Gasteiger partial charge in [-0.1, -0.05) is 12.1 Å². The highest BCUT2D eigenvalue weighted by atomic mass is 19.4. The third-order valence-corrected chi connectivity index (χ3v) is 6.63. The molecule has 11 heteroatoms. The van der Waals surface area contributed by atoms with Gasteiger partial charge in [-0.2, -0.15) is 13.2 Å². The molecule has 3 heterocycles. The molecule has 208 valence electrons. The monoisotopic (exact) mass is 550 g/mol. The van der Waals surface area contributed by atoms with Crippen molar-refractivity contribution in [2.45, 2.75) is 25.6 Å². The van der Waals surface area contributed by atoms with Gasteiger partial charge >= 0.3 is 6.18 Å². The fourth-order valence-electron chi connectivity index (χ4n) is 4.62. The predicted octanol–water partition coefficient (Wildman–Crippen LogP) is 5.38. The van der Waals surface area contributed by atoms with Crippen molar-refractivity contribution in [2.75, 3.05) is 31.6 Å². The standard InChI is InChI=1S/C29H29F3N6O2/c30-29(31,32)20-5-3-18-13-21(37-25(18)15-20)16-34-8-1-2-11-40-12-10-36-28-23-7-9-35-17-24(23)22-6-4-19(27(33)39)14-26(22)38-28/h3-7,9,13-15,17,34,37H,1-2,8,10-12,16H2,(H2,33,39)(H,36,38). The van der Waals surface area contributed by atoms with E-state index in [1.165, 1.54) is 6.07 Å². The van der Waals surface area contributed by atoms with Crippen molar-refractivity contribution in [3.8, 4) is 0 Å². The number of nitrogens with zero attached hydrogens (tertiary/aromatic N) is 2. The van der Waals surface area contributed by atoms with E-state index in [1.807, 2.05) is 18.2 Å². The molecule has 0 spiro atoms. The number of H-pyrrole nitrogens is 1. The Morgan fingerprint density at radius 1 is 0.975 bits per heavy atom. The average Bonchev–Trinajstić information content (AvgIpc) is 3.35. The van der Waals surface area contributed by atoms with Gasteiger partial charge < -0.3 is 26.1 Å². The Bertz CT molecular complexity index is 1650. The number of primary amides is 1. The van der Waals surface area contributed by atoms with Crippen LogP contribution in [-0.4, -0.2) is 47.2 Å². The van der Waals surface area contributed by atoms with E-state index in [0.29, 0.717) is 48.7 Å². The summed E-state index contributed by atoms with van der Waals surface area (Å²) in [7, 11) is 0. The van der Waals surface area contributed by atoms with Crippen molar-refractivity contribution >= 4 is 44.3 Å². The van der Waals surface area contributed by atoms with Crippen LogP contribution in [0.2, 0.25) is 0 Å². The molecule has 5 aromatic rings. The Balaban J connectivity index is 1.03. The number of anilines is 1. The van der Waals surface area contributed by atoms with Crippen LogP contribution in [0.3, 0.4) is 0 Å². The molecule has 0 atom stereocenters. The fraction of sp³-hybridized carbons (Fsp3) is 0.276. The van der Waals surface area contributed by atoms with Crippen molar-refractivity contribution in [2.24, 2.45) is 5.73 Å². The van der Waals surface area contributed by atoms with Crippen molar-refractivity contribution in [1.82, 2.24) is 20.3 Å². The molecule has 0 radical (unpaired) electrons. The maximum atomic E-state index is 12.9. The van der Waals surface area contributed by atoms with Gasteiger partial charge in [-0.3, -0.25) is 9.78 Å². The number of hydrogen-bond donors (Lipinski definition) is 4. The highest BCUT2D eigenvalue weighted by Gasteiger charge is 2.30. The summed E-state index contributed by atoms with van der Waals surface area (Å²) in [6.45, 7) is 2.97. The largest absolute Gasteiger partial charge is 0.416 e. The molecule has 0 bridgehead atoms. The molecular weight excluding hydrogens is 521 g/mol. The SMILES string of the molecule is NC(=O)c1ccc2c(c1)nc(NCCOCCCCNCc1cc3ccc(C(F)(F)F)cc3[nH]1)c1ccncc12. The lowest BCUT2D eigenvalue weighted by Crippen LogP contribution is -2.16. The van der Waals surface area contributed by atoms with Crippen LogP contribution in [0.25, 0.3) is 32.6 Å². The van der Waals surface area contributed by atoms with Crippen LogP contribution in [0, 0.1) is 0 Å². The number of unbranched alkanes of at least 4 members (excludes halogenated alkanes) is 1. The van der Waals surface area contributed by atoms with Crippen molar-refractivity contribution < 1.29 is 22.7 Å². The zero-order valence-electron chi connectivity index (χ0n) is 21.6. The van der Waals surface area contributed by atoms with Gasteiger partial charge in [0.2, 0.25) is 5.91 Å². The summed E-state index contributed by atoms with van der Waals surface area (Å²) in [4.78, 5) is 23.6. The van der Waals surface area contributed by atoms with Gasteiger partial charge in [0, 0.05) is 65.0 Å². The zero-order valence-corrected chi connectivity index (χ0v) is 21.6. The third kappa shape index (κ3) is 6.32. The number of hydrogen-bond acceptors (Lipinski definition) is 6. The summed E-state index contributed by atoms with van der Waals surface area (Å²) >= 11 is 0. The normalized spacial score (nSPS) is 12.0. The molecule has 40 heavy (non-hydrogen) atoms. The van der Waals surface area contributed by atoms with Gasteiger partial charge in [-0.25, -0.2) is 4.98 Å². The van der Waals surface area contributed by atoms with E-state index >= 15 is 0 Å². The molecule has 5 N–H and O–H groups in total. The second kappa shape index (κ2) is 11.9. The number of nitrogens with one attached hydrogen (secondary N) is 3. The number of carbonyl (C=O) groups excluding carboxylic acids is 1. The number of aromatic amines is 1. The third-order valence-electron chi connectivity index (χ3n) is 6.63. The quantitative estimate of drug-likeness (QED) is 0.122. The minimum absolute atomic E-state index is 0.396. The number of amides is 1. The minimum Gasteiger partial charge on any atom is -0.380 e. The number of fused-ring (bicyclic) bond motifs is 4. The van der Waals surface area contributed by atoms with Gasteiger partial charge in [0.05, 0.1) is 17.7 Å². The lowest BCUT2D eigenvalue weighted by atomic mass is 10.1. The van der Waals surface area contributed by atoms with Gasteiger partial charge in [-0.05, 0) is 61.2 Å². The molecule has 3 aromatic heterocycles. The van der Waals surface area contributed by atoms with Gasteiger partial charge in [-0.15, -0.1) is 0 Å². The Kier molecular flexibility index (Phi) is 8.13. The smallest absolute Gasteiger partial charge is 0.380 e. The highest BCUT2D eigenvalue weighted by Crippen LogP contribution is 2.32. The Morgan fingerprint density at radius 3 is 2.67 bits per heavy atom. The summed E-state index contributed by atoms with van der Waals surface area (Å²) in [6.07, 6.45) is 0.907. The molecule has 0 aliphatic carbocycles. The molecule has 0 fully saturated rings. The number of carbonyl (C=O) groups is 1. The van der Waals surface area contributed by atoms with Gasteiger partial charge in [0.15, 0.2) is 0 Å². The van der Waals surface area contributed by atoms with E-state index in [4.69, 9.17) is 15.5 Å². The van der Waals surface area contributed by atoms with Crippen LogP contribution in [0.15, 0.2) is 60.9 Å². The lowest BCUT2D eigenvalue weighted by molar-refractivity contribution is -0.137. The second-order valence-electron chi connectivity index (χ2n) is 9.50. The number of rotatable bonds is 12. The summed E-state index contributed by atoms with van der Waals surface area (Å²) in [6, 6.07) is 12.7. The van der Waals surface area contributed by atoms with E-state index in [0.717, 1.165) is 58.8 Å². The maximum Gasteiger partial charge on any atom is 0.416 e. The van der Waals surface area contributed by atoms with E-state index in [-0.39, 0.29) is 0 Å². The molecule has 0 aliphatic rings. The molecule has 0 saturated heterocycles. The van der Waals surface area contributed by atoms with E-state index in [2.05, 4.69) is 20.6 Å². The van der Waals surface area contributed by atoms with Crippen LogP contribution < -0.4 is 16.4 Å². The number of ether oxygens (including phenoxy) is 1. The molecule has 0 aliphatic heterocycles. The highest BCUT2D eigenvalue weighted by molar-refractivity contribution is 6.11. The number of benzene rings is 2. The first-order valence-electron chi connectivity index (χ1n) is 13.0. The van der Waals surface area contributed by atoms with Crippen LogP contribution in [0.1, 0.15) is 34.5 Å². The van der Waals surface area contributed by atoms with Crippen LogP contribution in [0.4, 0.5) is 19.0 Å². The minimum atomic E-state index is -4.35. The van der Waals surface area contributed by atoms with Crippen LogP contribution in [-0.2, 0) is 17.5 Å². The zero-order chi connectivity index (χ0) is 28.1. The topological polar surface area (TPSA) is 118 Å². The Morgan fingerprint density at radius 2 is 1.85 bits per heavy atom. The number of aromatic nitrogens is 3. The lowest BCUT2D eigenvalue weighted by Gasteiger charge is -2.12. The fourth-order valence-corrected chi connectivity index (χ4v) is 4.62. The Labute approximate surface area is 228 Å². The predicted molar refractivity (Wildman–Crippen MR) is 149 cm³/mol. The molecule has 8 nitrogen and oxygen atoms in total. The first-order valence-corrected chi connectivity index (χ1v) is 13.0. The van der Waals surface area contributed by atoms with Crippen molar-refractivity contribution in [3.63, 3.8) is 0 Å². The van der Waals surface area contributed by atoms with Crippen molar-refractivity contribution in [3.05, 3.63) is 77.7 Å². The van der Waals surface area contributed by atoms with Crippen LogP contribution in [0.5, 0.6) is 0 Å². The Hall–Kier alpha value is -4.22. The summed E-state index contributed by atoms with van der Waals surface area (Å²) in [5, 5.41) is 10.1. The van der Waals surface area contributed by atoms with Gasteiger partial charge in [0.1, 0.15) is 5.82 Å². The molecule has 2 aromatic carbocycles. The van der Waals surface area contributed by atoms with E-state index in [1.54, 1.807) is 24.5 Å². The van der Waals surface area contributed by atoms with E-state index < -0.39 is 17.6 Å².